The van der Waals surface area contributed by atoms with E-state index in [2.05, 4.69) is 25.7 Å². The second-order valence-electron chi connectivity index (χ2n) is 2.46. The standard InChI is InChI=1S/C11H16/c1-5-7-10(3)9-11(4)8-6-2/h5-9H,3H2,1-2,4H3. The number of hydrogen-bond acceptors (Lipinski definition) is 0. The molecular weight excluding hydrogens is 132 g/mol. The van der Waals surface area contributed by atoms with Gasteiger partial charge in [0.1, 0.15) is 0 Å². The van der Waals surface area contributed by atoms with E-state index in [1.165, 1.54) is 5.57 Å². The molecule has 0 aromatic rings. The SMILES string of the molecule is C=C(C=CC)C=C(C)C=CC. The van der Waals surface area contributed by atoms with Gasteiger partial charge in [-0.3, -0.25) is 0 Å². The topological polar surface area (TPSA) is 0 Å². The first-order chi connectivity index (χ1) is 5.20. The molecule has 11 heavy (non-hydrogen) atoms. The van der Waals surface area contributed by atoms with Gasteiger partial charge in [0.2, 0.25) is 0 Å². The summed E-state index contributed by atoms with van der Waals surface area (Å²) in [6.07, 6.45) is 10.1. The van der Waals surface area contributed by atoms with Gasteiger partial charge < -0.3 is 0 Å². The van der Waals surface area contributed by atoms with Crippen molar-refractivity contribution < 1.29 is 0 Å². The number of allylic oxidation sites excluding steroid dienone is 7. The van der Waals surface area contributed by atoms with Crippen LogP contribution in [0.5, 0.6) is 0 Å². The third kappa shape index (κ3) is 5.41. The maximum absolute atomic E-state index is 3.87. The lowest BCUT2D eigenvalue weighted by molar-refractivity contribution is 1.48. The maximum Gasteiger partial charge on any atom is -0.0329 e. The quantitative estimate of drug-likeness (QED) is 0.536. The minimum absolute atomic E-state index is 1.04. The van der Waals surface area contributed by atoms with E-state index in [0.29, 0.717) is 0 Å². The Labute approximate surface area is 69.6 Å². The normalized spacial score (nSPS) is 13.2. The molecule has 0 radical (unpaired) electrons. The fraction of sp³-hybridized carbons (Fsp3) is 0.273. The van der Waals surface area contributed by atoms with Crippen molar-refractivity contribution in [2.45, 2.75) is 20.8 Å². The molecule has 0 aliphatic rings. The van der Waals surface area contributed by atoms with E-state index < -0.39 is 0 Å². The largest absolute Gasteiger partial charge is 0.0918 e. The lowest BCUT2D eigenvalue weighted by Gasteiger charge is -1.91. The predicted octanol–water partition coefficient (Wildman–Crippen LogP) is 3.64. The van der Waals surface area contributed by atoms with Crippen LogP contribution >= 0.6 is 0 Å². The van der Waals surface area contributed by atoms with Crippen molar-refractivity contribution in [3.63, 3.8) is 0 Å². The molecule has 0 bridgehead atoms. The second kappa shape index (κ2) is 5.72. The highest BCUT2D eigenvalue weighted by Crippen LogP contribution is 2.02. The first kappa shape index (κ1) is 9.96. The molecule has 0 heterocycles. The molecular formula is C11H16. The Bertz CT molecular complexity index is 202. The van der Waals surface area contributed by atoms with Gasteiger partial charge in [-0.2, -0.15) is 0 Å². The molecule has 0 amide bonds. The van der Waals surface area contributed by atoms with Crippen LogP contribution in [-0.2, 0) is 0 Å². The van der Waals surface area contributed by atoms with Gasteiger partial charge in [0.15, 0.2) is 0 Å². The Kier molecular flexibility index (Phi) is 5.18. The van der Waals surface area contributed by atoms with E-state index >= 15 is 0 Å². The van der Waals surface area contributed by atoms with Gasteiger partial charge in [-0.05, 0) is 26.3 Å². The van der Waals surface area contributed by atoms with Crippen molar-refractivity contribution in [1.82, 2.24) is 0 Å². The monoisotopic (exact) mass is 148 g/mol. The van der Waals surface area contributed by atoms with Crippen molar-refractivity contribution in [2.75, 3.05) is 0 Å². The van der Waals surface area contributed by atoms with Crippen LogP contribution in [0.3, 0.4) is 0 Å². The summed E-state index contributed by atoms with van der Waals surface area (Å²) in [6, 6.07) is 0. The highest BCUT2D eigenvalue weighted by Gasteiger charge is 1.81. The Morgan fingerprint density at radius 1 is 1.09 bits per heavy atom. The zero-order valence-electron chi connectivity index (χ0n) is 7.59. The zero-order valence-corrected chi connectivity index (χ0v) is 7.59. The van der Waals surface area contributed by atoms with E-state index in [1.807, 2.05) is 32.1 Å². The van der Waals surface area contributed by atoms with Gasteiger partial charge >= 0.3 is 0 Å². The van der Waals surface area contributed by atoms with Gasteiger partial charge in [-0.15, -0.1) is 0 Å². The number of rotatable bonds is 3. The van der Waals surface area contributed by atoms with Crippen LogP contribution in [-0.4, -0.2) is 0 Å². The van der Waals surface area contributed by atoms with Crippen LogP contribution in [0.2, 0.25) is 0 Å². The fourth-order valence-electron chi connectivity index (χ4n) is 0.866. The Balaban J connectivity index is 4.19. The lowest BCUT2D eigenvalue weighted by atomic mass is 10.2. The van der Waals surface area contributed by atoms with Crippen LogP contribution in [0.15, 0.2) is 48.1 Å². The smallest absolute Gasteiger partial charge is 0.0329 e. The molecule has 0 rings (SSSR count). The van der Waals surface area contributed by atoms with Crippen molar-refractivity contribution in [2.24, 2.45) is 0 Å². The summed E-state index contributed by atoms with van der Waals surface area (Å²) in [5.41, 5.74) is 2.28. The predicted molar refractivity (Wildman–Crippen MR) is 52.5 cm³/mol. The van der Waals surface area contributed by atoms with Gasteiger partial charge in [0, 0.05) is 0 Å². The highest BCUT2D eigenvalue weighted by atomic mass is 13.9. The van der Waals surface area contributed by atoms with Crippen LogP contribution < -0.4 is 0 Å². The molecule has 0 spiro atoms. The third-order valence-corrected chi connectivity index (χ3v) is 1.22. The first-order valence-electron chi connectivity index (χ1n) is 3.83. The van der Waals surface area contributed by atoms with Crippen LogP contribution in [0.1, 0.15) is 20.8 Å². The molecule has 0 unspecified atom stereocenters. The van der Waals surface area contributed by atoms with Gasteiger partial charge in [0.25, 0.3) is 0 Å². The average molecular weight is 148 g/mol. The van der Waals surface area contributed by atoms with Crippen molar-refractivity contribution in [3.8, 4) is 0 Å². The summed E-state index contributed by atoms with van der Waals surface area (Å²) >= 11 is 0. The van der Waals surface area contributed by atoms with Crippen molar-refractivity contribution in [3.05, 3.63) is 48.1 Å². The summed E-state index contributed by atoms with van der Waals surface area (Å²) in [5.74, 6) is 0. The maximum atomic E-state index is 3.87. The molecule has 0 aliphatic heterocycles. The molecule has 0 aromatic heterocycles. The highest BCUT2D eigenvalue weighted by molar-refractivity contribution is 5.33. The summed E-state index contributed by atoms with van der Waals surface area (Å²) in [6.45, 7) is 9.93. The van der Waals surface area contributed by atoms with Crippen LogP contribution in [0.25, 0.3) is 0 Å². The molecule has 0 atom stereocenters. The molecule has 0 aromatic carbocycles. The molecule has 0 N–H and O–H groups in total. The van der Waals surface area contributed by atoms with Gasteiger partial charge in [0.05, 0.1) is 0 Å². The van der Waals surface area contributed by atoms with E-state index in [4.69, 9.17) is 0 Å². The van der Waals surface area contributed by atoms with E-state index in [9.17, 15) is 0 Å². The fourth-order valence-corrected chi connectivity index (χ4v) is 0.866. The molecule has 0 saturated heterocycles. The van der Waals surface area contributed by atoms with Crippen molar-refractivity contribution in [1.29, 1.82) is 0 Å². The Hall–Kier alpha value is -1.04. The second-order valence-corrected chi connectivity index (χ2v) is 2.46. The van der Waals surface area contributed by atoms with E-state index in [1.54, 1.807) is 0 Å². The van der Waals surface area contributed by atoms with Crippen molar-refractivity contribution >= 4 is 0 Å². The van der Waals surface area contributed by atoms with Crippen LogP contribution in [0.4, 0.5) is 0 Å². The van der Waals surface area contributed by atoms with Crippen LogP contribution in [0, 0.1) is 0 Å². The molecule has 0 aliphatic carbocycles. The van der Waals surface area contributed by atoms with Gasteiger partial charge in [-0.1, -0.05) is 42.5 Å². The molecule has 0 fully saturated rings. The minimum atomic E-state index is 1.04. The summed E-state index contributed by atoms with van der Waals surface area (Å²) in [7, 11) is 0. The first-order valence-corrected chi connectivity index (χ1v) is 3.83. The summed E-state index contributed by atoms with van der Waals surface area (Å²) < 4.78 is 0. The molecule has 0 saturated carbocycles. The Morgan fingerprint density at radius 2 is 1.64 bits per heavy atom. The molecule has 0 nitrogen and oxygen atoms in total. The lowest BCUT2D eigenvalue weighted by Crippen LogP contribution is -1.71. The zero-order chi connectivity index (χ0) is 8.69. The van der Waals surface area contributed by atoms with Gasteiger partial charge in [-0.25, -0.2) is 0 Å². The number of hydrogen-bond donors (Lipinski definition) is 0. The third-order valence-electron chi connectivity index (χ3n) is 1.22. The molecule has 0 heteroatoms. The van der Waals surface area contributed by atoms with E-state index in [-0.39, 0.29) is 0 Å². The average Bonchev–Trinajstić information content (AvgIpc) is 1.87. The summed E-state index contributed by atoms with van der Waals surface area (Å²) in [4.78, 5) is 0. The Morgan fingerprint density at radius 3 is 2.09 bits per heavy atom. The van der Waals surface area contributed by atoms with E-state index in [0.717, 1.165) is 5.57 Å². The molecule has 60 valence electrons. The summed E-state index contributed by atoms with van der Waals surface area (Å²) in [5, 5.41) is 0. The minimum Gasteiger partial charge on any atom is -0.0918 e.